The Morgan fingerprint density at radius 2 is 2.35 bits per heavy atom. The monoisotopic (exact) mass is 474 g/mol. The number of likely N-dealkylation sites (N-methyl/N-ethyl adjacent to an activating group) is 1. The van der Waals surface area contributed by atoms with Crippen LogP contribution in [0.2, 0.25) is 4.34 Å². The van der Waals surface area contributed by atoms with Crippen molar-refractivity contribution < 1.29 is 9.84 Å². The van der Waals surface area contributed by atoms with Crippen LogP contribution in [0.5, 0.6) is 0 Å². The fraction of sp³-hybridized carbons (Fsp3) is 0.643. The highest BCUT2D eigenvalue weighted by molar-refractivity contribution is 14.0. The molecule has 1 aromatic rings. The van der Waals surface area contributed by atoms with Gasteiger partial charge in [0.1, 0.15) is 6.10 Å². The summed E-state index contributed by atoms with van der Waals surface area (Å²) in [6.45, 7) is 3.69. The molecule has 0 spiro atoms. The molecule has 6 nitrogen and oxygen atoms in total. The van der Waals surface area contributed by atoms with Gasteiger partial charge in [0, 0.05) is 38.1 Å². The molecule has 1 aliphatic rings. The number of guanidine groups is 1. The number of hydrogen-bond donors (Lipinski definition) is 3. The SMILES string of the molecule is CN=C(NCC1CN(C)CCO1)NCC(O)c1ccc(Cl)s1.I. The summed E-state index contributed by atoms with van der Waals surface area (Å²) in [5.74, 6) is 0.651. The summed E-state index contributed by atoms with van der Waals surface area (Å²) in [5.41, 5.74) is 0. The molecule has 1 aromatic heterocycles. The van der Waals surface area contributed by atoms with Gasteiger partial charge in [0.05, 0.1) is 17.0 Å². The second kappa shape index (κ2) is 10.7. The van der Waals surface area contributed by atoms with Crippen LogP contribution in [0.4, 0.5) is 0 Å². The van der Waals surface area contributed by atoms with Crippen LogP contribution in [0, 0.1) is 0 Å². The molecule has 0 saturated carbocycles. The number of aliphatic hydroxyl groups is 1. The van der Waals surface area contributed by atoms with Crippen LogP contribution >= 0.6 is 46.9 Å². The number of hydrogen-bond acceptors (Lipinski definition) is 5. The molecular weight excluding hydrogens is 451 g/mol. The molecule has 0 aromatic carbocycles. The number of nitrogens with zero attached hydrogens (tertiary/aromatic N) is 2. The number of nitrogens with one attached hydrogen (secondary N) is 2. The highest BCUT2D eigenvalue weighted by Crippen LogP contribution is 2.26. The fourth-order valence-corrected chi connectivity index (χ4v) is 3.27. The van der Waals surface area contributed by atoms with Crippen LogP contribution in [0.15, 0.2) is 17.1 Å². The summed E-state index contributed by atoms with van der Waals surface area (Å²) >= 11 is 7.26. The van der Waals surface area contributed by atoms with E-state index in [0.717, 1.165) is 24.6 Å². The first-order valence-electron chi connectivity index (χ1n) is 7.26. The molecule has 1 fully saturated rings. The van der Waals surface area contributed by atoms with E-state index in [9.17, 15) is 5.11 Å². The van der Waals surface area contributed by atoms with Crippen molar-refractivity contribution in [2.75, 3.05) is 46.9 Å². The molecule has 132 valence electrons. The third-order valence-electron chi connectivity index (χ3n) is 3.45. The summed E-state index contributed by atoms with van der Waals surface area (Å²) in [7, 11) is 3.79. The van der Waals surface area contributed by atoms with E-state index < -0.39 is 6.10 Å². The topological polar surface area (TPSA) is 69.1 Å². The van der Waals surface area contributed by atoms with Gasteiger partial charge in [-0.2, -0.15) is 0 Å². The molecule has 2 rings (SSSR count). The molecule has 0 aliphatic carbocycles. The molecular formula is C14H24ClIN4O2S. The van der Waals surface area contributed by atoms with Gasteiger partial charge < -0.3 is 25.4 Å². The van der Waals surface area contributed by atoms with Gasteiger partial charge >= 0.3 is 0 Å². The van der Waals surface area contributed by atoms with Gasteiger partial charge in [0.2, 0.25) is 0 Å². The Kier molecular flexibility index (Phi) is 9.71. The molecule has 23 heavy (non-hydrogen) atoms. The molecule has 1 aliphatic heterocycles. The Hall–Kier alpha value is -0.130. The lowest BCUT2D eigenvalue weighted by Gasteiger charge is -2.30. The normalized spacial score (nSPS) is 20.7. The minimum Gasteiger partial charge on any atom is -0.386 e. The van der Waals surface area contributed by atoms with Crippen LogP contribution in [0.3, 0.4) is 0 Å². The summed E-state index contributed by atoms with van der Waals surface area (Å²) in [4.78, 5) is 7.24. The Morgan fingerprint density at radius 1 is 1.57 bits per heavy atom. The first kappa shape index (κ1) is 20.9. The van der Waals surface area contributed by atoms with Crippen molar-refractivity contribution in [3.8, 4) is 0 Å². The summed E-state index contributed by atoms with van der Waals surface area (Å²) in [6.07, 6.45) is -0.452. The number of halogens is 2. The molecule has 0 amide bonds. The first-order valence-corrected chi connectivity index (χ1v) is 8.46. The zero-order valence-electron chi connectivity index (χ0n) is 13.3. The molecule has 2 atom stereocenters. The lowest BCUT2D eigenvalue weighted by molar-refractivity contribution is -0.0161. The van der Waals surface area contributed by atoms with Crippen LogP contribution in [0.25, 0.3) is 0 Å². The van der Waals surface area contributed by atoms with Gasteiger partial charge in [0.15, 0.2) is 5.96 Å². The van der Waals surface area contributed by atoms with E-state index in [4.69, 9.17) is 16.3 Å². The zero-order chi connectivity index (χ0) is 15.9. The number of thiophene rings is 1. The first-order chi connectivity index (χ1) is 10.6. The molecule has 9 heteroatoms. The van der Waals surface area contributed by atoms with Crippen molar-refractivity contribution in [1.29, 1.82) is 0 Å². The zero-order valence-corrected chi connectivity index (χ0v) is 17.2. The van der Waals surface area contributed by atoms with E-state index in [0.29, 0.717) is 23.4 Å². The van der Waals surface area contributed by atoms with Crippen LogP contribution in [0.1, 0.15) is 11.0 Å². The van der Waals surface area contributed by atoms with Gasteiger partial charge in [-0.1, -0.05) is 11.6 Å². The van der Waals surface area contributed by atoms with Crippen molar-refractivity contribution in [3.05, 3.63) is 21.3 Å². The van der Waals surface area contributed by atoms with Gasteiger partial charge in [-0.3, -0.25) is 4.99 Å². The number of aliphatic imine (C=N–C) groups is 1. The Labute approximate surface area is 163 Å². The van der Waals surface area contributed by atoms with Gasteiger partial charge in [-0.15, -0.1) is 35.3 Å². The molecule has 2 heterocycles. The van der Waals surface area contributed by atoms with Crippen molar-refractivity contribution in [2.45, 2.75) is 12.2 Å². The lowest BCUT2D eigenvalue weighted by Crippen LogP contribution is -2.48. The average molecular weight is 475 g/mol. The summed E-state index contributed by atoms with van der Waals surface area (Å²) in [5, 5.41) is 16.4. The smallest absolute Gasteiger partial charge is 0.191 e. The second-order valence-corrected chi connectivity index (χ2v) is 6.99. The Morgan fingerprint density at radius 3 is 2.96 bits per heavy atom. The predicted octanol–water partition coefficient (Wildman–Crippen LogP) is 1.55. The summed E-state index contributed by atoms with van der Waals surface area (Å²) in [6, 6.07) is 3.62. The molecule has 3 N–H and O–H groups in total. The van der Waals surface area contributed by atoms with Gasteiger partial charge in [-0.25, -0.2) is 0 Å². The fourth-order valence-electron chi connectivity index (χ4n) is 2.22. The van der Waals surface area contributed by atoms with E-state index in [1.54, 1.807) is 13.1 Å². The van der Waals surface area contributed by atoms with E-state index in [2.05, 4.69) is 27.6 Å². The van der Waals surface area contributed by atoms with Crippen LogP contribution in [-0.2, 0) is 4.74 Å². The van der Waals surface area contributed by atoms with Crippen molar-refractivity contribution >= 4 is 52.9 Å². The predicted molar refractivity (Wildman–Crippen MR) is 106 cm³/mol. The van der Waals surface area contributed by atoms with Crippen molar-refractivity contribution in [2.24, 2.45) is 4.99 Å². The maximum atomic E-state index is 10.1. The average Bonchev–Trinajstić information content (AvgIpc) is 2.94. The minimum atomic E-state index is -0.604. The highest BCUT2D eigenvalue weighted by atomic mass is 127. The van der Waals surface area contributed by atoms with Crippen molar-refractivity contribution in [3.63, 3.8) is 0 Å². The van der Waals surface area contributed by atoms with Crippen molar-refractivity contribution in [1.82, 2.24) is 15.5 Å². The van der Waals surface area contributed by atoms with E-state index in [-0.39, 0.29) is 30.1 Å². The third kappa shape index (κ3) is 7.10. The molecule has 1 saturated heterocycles. The number of rotatable bonds is 5. The standard InChI is InChI=1S/C14H23ClN4O2S.HI/c1-16-14(17-7-10-9-19(2)5-6-21-10)18-8-11(20)12-3-4-13(15)22-12;/h3-4,10-11,20H,5-9H2,1-2H3,(H2,16,17,18);1H. The largest absolute Gasteiger partial charge is 0.386 e. The van der Waals surface area contributed by atoms with E-state index in [1.165, 1.54) is 11.3 Å². The molecule has 2 unspecified atom stereocenters. The maximum absolute atomic E-state index is 10.1. The van der Waals surface area contributed by atoms with Crippen LogP contribution in [-0.4, -0.2) is 69.0 Å². The number of morpholine rings is 1. The quantitative estimate of drug-likeness (QED) is 0.343. The minimum absolute atomic E-state index is 0. The number of ether oxygens (including phenoxy) is 1. The third-order valence-corrected chi connectivity index (χ3v) is 4.78. The summed E-state index contributed by atoms with van der Waals surface area (Å²) < 4.78 is 6.37. The van der Waals surface area contributed by atoms with Gasteiger partial charge in [0.25, 0.3) is 0 Å². The van der Waals surface area contributed by atoms with E-state index in [1.807, 2.05) is 6.07 Å². The highest BCUT2D eigenvalue weighted by Gasteiger charge is 2.18. The lowest BCUT2D eigenvalue weighted by atomic mass is 10.3. The maximum Gasteiger partial charge on any atom is 0.191 e. The Balaban J connectivity index is 0.00000264. The van der Waals surface area contributed by atoms with Crippen LogP contribution < -0.4 is 10.6 Å². The second-order valence-electron chi connectivity index (χ2n) is 5.25. The van der Waals surface area contributed by atoms with E-state index >= 15 is 0 Å². The molecule has 0 radical (unpaired) electrons. The Bertz CT molecular complexity index is 503. The molecule has 0 bridgehead atoms. The number of aliphatic hydroxyl groups excluding tert-OH is 1. The van der Waals surface area contributed by atoms with Gasteiger partial charge in [-0.05, 0) is 19.2 Å².